The van der Waals surface area contributed by atoms with Gasteiger partial charge in [-0.15, -0.1) is 0 Å². The summed E-state index contributed by atoms with van der Waals surface area (Å²) in [6.45, 7) is 4.77. The molecule has 214 valence electrons. The quantitative estimate of drug-likeness (QED) is 0.158. The van der Waals surface area contributed by atoms with Crippen molar-refractivity contribution in [2.75, 3.05) is 11.9 Å². The fourth-order valence-electron chi connectivity index (χ4n) is 5.81. The molecule has 0 radical (unpaired) electrons. The van der Waals surface area contributed by atoms with Gasteiger partial charge in [-0.2, -0.15) is 0 Å². The summed E-state index contributed by atoms with van der Waals surface area (Å²) in [5.41, 5.74) is 7.67. The van der Waals surface area contributed by atoms with Gasteiger partial charge in [0.1, 0.15) is 6.61 Å². The standard InChI is InChI=1S/C35H31Cl3N2O2/c1-3-41-33-17-22(16-31(38)35(33)42-20-24-8-11-25(36)18-30(24)37)19-39-26-12-9-23(10-13-26)34-28-6-4-5-27(28)29-15-21(2)7-14-32(29)40-34/h4-5,7-19,27-28,34,40H,3,6,20H2,1-2H3/t27-,28-,34+/m1/s1. The summed E-state index contributed by atoms with van der Waals surface area (Å²) in [5.74, 6) is 1.96. The lowest BCUT2D eigenvalue weighted by atomic mass is 9.76. The fraction of sp³-hybridized carbons (Fsp3) is 0.229. The summed E-state index contributed by atoms with van der Waals surface area (Å²) in [6, 6.07) is 24.4. The van der Waals surface area contributed by atoms with Crippen molar-refractivity contribution >= 4 is 52.4 Å². The minimum Gasteiger partial charge on any atom is -0.490 e. The Morgan fingerprint density at radius 1 is 0.929 bits per heavy atom. The van der Waals surface area contributed by atoms with Crippen molar-refractivity contribution in [3.05, 3.63) is 128 Å². The zero-order chi connectivity index (χ0) is 29.2. The minimum absolute atomic E-state index is 0.230. The van der Waals surface area contributed by atoms with Crippen molar-refractivity contribution in [2.24, 2.45) is 10.9 Å². The molecule has 0 bridgehead atoms. The van der Waals surface area contributed by atoms with E-state index in [0.29, 0.717) is 45.0 Å². The molecule has 3 atom stereocenters. The van der Waals surface area contributed by atoms with E-state index in [1.807, 2.05) is 25.1 Å². The zero-order valence-electron chi connectivity index (χ0n) is 23.4. The first kappa shape index (κ1) is 28.7. The van der Waals surface area contributed by atoms with Crippen LogP contribution in [0.15, 0.2) is 89.9 Å². The molecule has 4 aromatic carbocycles. The van der Waals surface area contributed by atoms with E-state index in [9.17, 15) is 0 Å². The van der Waals surface area contributed by atoms with Crippen LogP contribution in [0.2, 0.25) is 15.1 Å². The molecule has 42 heavy (non-hydrogen) atoms. The smallest absolute Gasteiger partial charge is 0.180 e. The van der Waals surface area contributed by atoms with Gasteiger partial charge in [-0.05, 0) is 85.3 Å². The average Bonchev–Trinajstić information content (AvgIpc) is 3.47. The van der Waals surface area contributed by atoms with Crippen LogP contribution in [0.4, 0.5) is 11.4 Å². The van der Waals surface area contributed by atoms with Gasteiger partial charge in [0.25, 0.3) is 0 Å². The molecule has 0 spiro atoms. The van der Waals surface area contributed by atoms with Crippen LogP contribution in [-0.2, 0) is 6.61 Å². The van der Waals surface area contributed by atoms with Gasteiger partial charge in [-0.3, -0.25) is 4.99 Å². The largest absolute Gasteiger partial charge is 0.490 e. The maximum atomic E-state index is 6.65. The van der Waals surface area contributed by atoms with E-state index in [4.69, 9.17) is 49.3 Å². The highest BCUT2D eigenvalue weighted by Crippen LogP contribution is 2.50. The molecule has 0 amide bonds. The Morgan fingerprint density at radius 3 is 2.55 bits per heavy atom. The normalized spacial score (nSPS) is 18.9. The second kappa shape index (κ2) is 12.4. The van der Waals surface area contributed by atoms with Crippen LogP contribution in [0.5, 0.6) is 11.5 Å². The number of aliphatic imine (C=N–C) groups is 1. The number of rotatable bonds is 8. The number of fused-ring (bicyclic) bond motifs is 3. The highest BCUT2D eigenvalue weighted by atomic mass is 35.5. The second-order valence-electron chi connectivity index (χ2n) is 10.7. The number of nitrogens with zero attached hydrogens (tertiary/aromatic N) is 1. The highest BCUT2D eigenvalue weighted by Gasteiger charge is 2.37. The summed E-state index contributed by atoms with van der Waals surface area (Å²) < 4.78 is 11.9. The van der Waals surface area contributed by atoms with E-state index < -0.39 is 0 Å². The molecule has 0 saturated carbocycles. The molecule has 4 nitrogen and oxygen atoms in total. The summed E-state index contributed by atoms with van der Waals surface area (Å²) in [6.07, 6.45) is 7.56. The third kappa shape index (κ3) is 6.03. The third-order valence-electron chi connectivity index (χ3n) is 7.85. The number of allylic oxidation sites excluding steroid dienone is 2. The number of benzene rings is 4. The Hall–Kier alpha value is -3.44. The van der Waals surface area contributed by atoms with E-state index in [2.05, 4.69) is 66.9 Å². The molecular weight excluding hydrogens is 587 g/mol. The van der Waals surface area contributed by atoms with Crippen LogP contribution in [0, 0.1) is 12.8 Å². The Balaban J connectivity index is 1.18. The van der Waals surface area contributed by atoms with Gasteiger partial charge in [0, 0.05) is 33.4 Å². The van der Waals surface area contributed by atoms with Crippen molar-refractivity contribution in [1.29, 1.82) is 0 Å². The summed E-state index contributed by atoms with van der Waals surface area (Å²) in [5, 5.41) is 5.35. The van der Waals surface area contributed by atoms with Crippen molar-refractivity contribution in [1.82, 2.24) is 0 Å². The molecule has 6 rings (SSSR count). The van der Waals surface area contributed by atoms with Gasteiger partial charge in [0.2, 0.25) is 0 Å². The summed E-state index contributed by atoms with van der Waals surface area (Å²) in [4.78, 5) is 4.72. The van der Waals surface area contributed by atoms with Crippen molar-refractivity contribution in [3.63, 3.8) is 0 Å². The van der Waals surface area contributed by atoms with E-state index in [-0.39, 0.29) is 12.6 Å². The lowest BCUT2D eigenvalue weighted by molar-refractivity contribution is 0.269. The van der Waals surface area contributed by atoms with Crippen LogP contribution in [0.3, 0.4) is 0 Å². The Morgan fingerprint density at radius 2 is 1.76 bits per heavy atom. The van der Waals surface area contributed by atoms with Crippen LogP contribution in [0.1, 0.15) is 53.1 Å². The SMILES string of the molecule is CCOc1cc(C=Nc2ccc([C@@H]3Nc4ccc(C)cc4[C@@H]4C=CC[C@H]43)cc2)cc(Cl)c1OCc1ccc(Cl)cc1Cl. The third-order valence-corrected chi connectivity index (χ3v) is 8.72. The number of hydrogen-bond donors (Lipinski definition) is 1. The van der Waals surface area contributed by atoms with Crippen molar-refractivity contribution in [3.8, 4) is 11.5 Å². The van der Waals surface area contributed by atoms with Gasteiger partial charge in [0.05, 0.1) is 23.4 Å². The van der Waals surface area contributed by atoms with E-state index in [0.717, 1.165) is 23.2 Å². The highest BCUT2D eigenvalue weighted by molar-refractivity contribution is 6.35. The average molecular weight is 618 g/mol. The minimum atomic E-state index is 0.230. The number of halogens is 3. The Kier molecular flexibility index (Phi) is 8.48. The first-order valence-corrected chi connectivity index (χ1v) is 15.2. The summed E-state index contributed by atoms with van der Waals surface area (Å²) in [7, 11) is 0. The molecule has 1 aliphatic carbocycles. The van der Waals surface area contributed by atoms with Gasteiger partial charge < -0.3 is 14.8 Å². The zero-order valence-corrected chi connectivity index (χ0v) is 25.7. The number of aryl methyl sites for hydroxylation is 1. The maximum Gasteiger partial charge on any atom is 0.180 e. The van der Waals surface area contributed by atoms with Crippen LogP contribution < -0.4 is 14.8 Å². The van der Waals surface area contributed by atoms with Gasteiger partial charge >= 0.3 is 0 Å². The molecular formula is C35H31Cl3N2O2. The van der Waals surface area contributed by atoms with E-state index in [1.165, 1.54) is 22.4 Å². The molecule has 1 heterocycles. The van der Waals surface area contributed by atoms with Gasteiger partial charge in [-0.1, -0.05) is 82.9 Å². The monoisotopic (exact) mass is 616 g/mol. The molecule has 4 aromatic rings. The molecule has 0 saturated heterocycles. The number of nitrogens with one attached hydrogen (secondary N) is 1. The second-order valence-corrected chi connectivity index (χ2v) is 12.0. The van der Waals surface area contributed by atoms with Gasteiger partial charge in [0.15, 0.2) is 11.5 Å². The topological polar surface area (TPSA) is 42.8 Å². The Labute approximate surface area is 261 Å². The number of hydrogen-bond acceptors (Lipinski definition) is 4. The van der Waals surface area contributed by atoms with Crippen molar-refractivity contribution < 1.29 is 9.47 Å². The lowest BCUT2D eigenvalue weighted by Gasteiger charge is -2.37. The Bertz CT molecular complexity index is 1670. The van der Waals surface area contributed by atoms with Crippen LogP contribution >= 0.6 is 34.8 Å². The first-order chi connectivity index (χ1) is 20.4. The fourth-order valence-corrected chi connectivity index (χ4v) is 6.55. The molecule has 1 aliphatic heterocycles. The summed E-state index contributed by atoms with van der Waals surface area (Å²) >= 11 is 19.0. The molecule has 7 heteroatoms. The van der Waals surface area contributed by atoms with Gasteiger partial charge in [-0.25, -0.2) is 0 Å². The molecule has 0 fully saturated rings. The maximum absolute atomic E-state index is 6.65. The number of ether oxygens (including phenoxy) is 2. The molecule has 1 N–H and O–H groups in total. The molecule has 0 unspecified atom stereocenters. The predicted molar refractivity (Wildman–Crippen MR) is 175 cm³/mol. The van der Waals surface area contributed by atoms with E-state index >= 15 is 0 Å². The molecule has 2 aliphatic rings. The number of anilines is 1. The first-order valence-electron chi connectivity index (χ1n) is 14.1. The van der Waals surface area contributed by atoms with E-state index in [1.54, 1.807) is 18.3 Å². The van der Waals surface area contributed by atoms with Crippen LogP contribution in [0.25, 0.3) is 0 Å². The van der Waals surface area contributed by atoms with Crippen molar-refractivity contribution in [2.45, 2.75) is 38.8 Å². The molecule has 0 aromatic heterocycles. The predicted octanol–water partition coefficient (Wildman–Crippen LogP) is 10.5. The lowest BCUT2D eigenvalue weighted by Crippen LogP contribution is -2.29. The van der Waals surface area contributed by atoms with Crippen LogP contribution in [-0.4, -0.2) is 12.8 Å².